The van der Waals surface area contributed by atoms with Crippen molar-refractivity contribution in [2.45, 2.75) is 51.8 Å². The zero-order valence-corrected chi connectivity index (χ0v) is 17.2. The van der Waals surface area contributed by atoms with Crippen LogP contribution in [0.1, 0.15) is 34.6 Å². The second-order valence-corrected chi connectivity index (χ2v) is 8.81. The number of guanidine groups is 1. The lowest BCUT2D eigenvalue weighted by Crippen LogP contribution is -2.64. The Morgan fingerprint density at radius 3 is 2.27 bits per heavy atom. The second kappa shape index (κ2) is 8.43. The Hall–Kier alpha value is -1.54. The van der Waals surface area contributed by atoms with Gasteiger partial charge in [-0.2, -0.15) is 0 Å². The smallest absolute Gasteiger partial charge is 0.408 e. The van der Waals surface area contributed by atoms with Gasteiger partial charge in [0.05, 0.1) is 5.54 Å². The van der Waals surface area contributed by atoms with Gasteiger partial charge in [0.1, 0.15) is 5.60 Å². The van der Waals surface area contributed by atoms with Crippen molar-refractivity contribution < 1.29 is 9.53 Å². The summed E-state index contributed by atoms with van der Waals surface area (Å²) in [7, 11) is 1.76. The first kappa shape index (κ1) is 20.8. The maximum atomic E-state index is 12.0. The van der Waals surface area contributed by atoms with Crippen molar-refractivity contribution >= 4 is 12.1 Å². The molecule has 150 valence electrons. The third kappa shape index (κ3) is 6.64. The number of alkyl carbamates (subject to hydrolysis) is 1. The van der Waals surface area contributed by atoms with Crippen LogP contribution < -0.4 is 16.0 Å². The van der Waals surface area contributed by atoms with Gasteiger partial charge in [0.15, 0.2) is 5.96 Å². The summed E-state index contributed by atoms with van der Waals surface area (Å²) in [5.74, 6) is 0.752. The fourth-order valence-corrected chi connectivity index (χ4v) is 3.28. The molecule has 0 saturated carbocycles. The lowest BCUT2D eigenvalue weighted by molar-refractivity contribution is 0.0154. The van der Waals surface area contributed by atoms with Crippen LogP contribution in [0.2, 0.25) is 0 Å². The highest BCUT2D eigenvalue weighted by Crippen LogP contribution is 2.14. The number of nitrogens with zero attached hydrogens (tertiary/aromatic N) is 3. The predicted molar refractivity (Wildman–Crippen MR) is 105 cm³/mol. The summed E-state index contributed by atoms with van der Waals surface area (Å²) in [5.41, 5.74) is -0.963. The van der Waals surface area contributed by atoms with Crippen LogP contribution >= 0.6 is 0 Å². The maximum Gasteiger partial charge on any atom is 0.408 e. The number of aliphatic imine (C=N–C) groups is 1. The number of hydrogen-bond acceptors (Lipinski definition) is 5. The topological polar surface area (TPSA) is 81.2 Å². The average molecular weight is 369 g/mol. The van der Waals surface area contributed by atoms with E-state index in [2.05, 4.69) is 30.7 Å². The fraction of sp³-hybridized carbons (Fsp3) is 0.889. The highest BCUT2D eigenvalue weighted by molar-refractivity contribution is 5.79. The number of amides is 1. The van der Waals surface area contributed by atoms with E-state index in [4.69, 9.17) is 4.74 Å². The number of ether oxygens (including phenoxy) is 1. The van der Waals surface area contributed by atoms with E-state index in [-0.39, 0.29) is 0 Å². The Morgan fingerprint density at radius 1 is 1.12 bits per heavy atom. The first-order chi connectivity index (χ1) is 12.1. The molecular formula is C18H36N6O2. The second-order valence-electron chi connectivity index (χ2n) is 8.81. The minimum atomic E-state index is -0.504. The van der Waals surface area contributed by atoms with Gasteiger partial charge >= 0.3 is 6.09 Å². The largest absolute Gasteiger partial charge is 0.444 e. The average Bonchev–Trinajstić information content (AvgIpc) is 2.53. The summed E-state index contributed by atoms with van der Waals surface area (Å²) in [4.78, 5) is 21.3. The monoisotopic (exact) mass is 368 g/mol. The molecule has 8 nitrogen and oxygen atoms in total. The van der Waals surface area contributed by atoms with Crippen LogP contribution in [0.25, 0.3) is 0 Å². The number of carbonyl (C=O) groups excluding carboxylic acids is 1. The van der Waals surface area contributed by atoms with Gasteiger partial charge in [-0.25, -0.2) is 4.79 Å². The third-order valence-electron chi connectivity index (χ3n) is 4.66. The number of rotatable bonds is 5. The number of carbonyl (C=O) groups is 1. The first-order valence-electron chi connectivity index (χ1n) is 9.50. The van der Waals surface area contributed by atoms with Crippen molar-refractivity contribution in [3.63, 3.8) is 0 Å². The Labute approximate surface area is 157 Å². The predicted octanol–water partition coefficient (Wildman–Crippen LogP) is 0.455. The molecule has 3 heterocycles. The molecule has 1 amide bonds. The standard InChI is InChI=1S/C18H36N6O2/c1-17(2,3)26-16(25)22-18(4,5)13-21-15(19-6)20-11-14-12-23-7-9-24(14)10-8-23/h14H,7-13H2,1-6H3,(H,22,25)(H2,19,20,21). The van der Waals surface area contributed by atoms with Crippen molar-refractivity contribution in [1.29, 1.82) is 0 Å². The minimum absolute atomic E-state index is 0.410. The molecule has 3 saturated heterocycles. The van der Waals surface area contributed by atoms with Crippen molar-refractivity contribution in [3.05, 3.63) is 0 Å². The molecule has 3 rings (SSSR count). The molecule has 3 aliphatic heterocycles. The molecule has 3 N–H and O–H groups in total. The molecule has 0 radical (unpaired) electrons. The molecular weight excluding hydrogens is 332 g/mol. The summed E-state index contributed by atoms with van der Waals surface area (Å²) in [5, 5.41) is 9.61. The van der Waals surface area contributed by atoms with Crippen LogP contribution in [0.3, 0.4) is 0 Å². The Balaban J connectivity index is 1.74. The van der Waals surface area contributed by atoms with E-state index in [9.17, 15) is 4.79 Å². The zero-order valence-electron chi connectivity index (χ0n) is 17.2. The van der Waals surface area contributed by atoms with Gasteiger partial charge in [-0.1, -0.05) is 0 Å². The molecule has 8 heteroatoms. The summed E-state index contributed by atoms with van der Waals surface area (Å²) >= 11 is 0. The molecule has 0 aromatic heterocycles. The van der Waals surface area contributed by atoms with Gasteiger partial charge in [-0.05, 0) is 34.6 Å². The molecule has 1 unspecified atom stereocenters. The molecule has 0 spiro atoms. The summed E-state index contributed by atoms with van der Waals surface area (Å²) < 4.78 is 5.33. The molecule has 0 aliphatic carbocycles. The highest BCUT2D eigenvalue weighted by Gasteiger charge is 2.31. The maximum absolute atomic E-state index is 12.0. The zero-order chi connectivity index (χ0) is 19.4. The van der Waals surface area contributed by atoms with Crippen molar-refractivity contribution in [3.8, 4) is 0 Å². The summed E-state index contributed by atoms with van der Waals surface area (Å²) in [6.07, 6.45) is -0.410. The van der Waals surface area contributed by atoms with Crippen molar-refractivity contribution in [2.24, 2.45) is 4.99 Å². The van der Waals surface area contributed by atoms with Crippen LogP contribution in [0.4, 0.5) is 4.79 Å². The van der Waals surface area contributed by atoms with E-state index < -0.39 is 17.2 Å². The van der Waals surface area contributed by atoms with E-state index in [0.29, 0.717) is 12.6 Å². The Morgan fingerprint density at radius 2 is 1.77 bits per heavy atom. The van der Waals surface area contributed by atoms with E-state index in [1.54, 1.807) is 7.05 Å². The van der Waals surface area contributed by atoms with Crippen molar-refractivity contribution in [2.75, 3.05) is 52.9 Å². The van der Waals surface area contributed by atoms with Crippen LogP contribution in [-0.4, -0.2) is 91.9 Å². The van der Waals surface area contributed by atoms with Gasteiger partial charge in [-0.15, -0.1) is 0 Å². The van der Waals surface area contributed by atoms with Gasteiger partial charge < -0.3 is 20.7 Å². The lowest BCUT2D eigenvalue weighted by atomic mass is 10.1. The van der Waals surface area contributed by atoms with Gasteiger partial charge in [0.2, 0.25) is 0 Å². The SMILES string of the molecule is CN=C(NCC1CN2CCN1CC2)NCC(C)(C)NC(=O)OC(C)(C)C. The molecule has 3 aliphatic rings. The van der Waals surface area contributed by atoms with Crippen molar-refractivity contribution in [1.82, 2.24) is 25.8 Å². The quantitative estimate of drug-likeness (QED) is 0.483. The Bertz CT molecular complexity index is 506. The minimum Gasteiger partial charge on any atom is -0.444 e. The van der Waals surface area contributed by atoms with Gasteiger partial charge in [-0.3, -0.25) is 14.8 Å². The molecule has 1 atom stereocenters. The van der Waals surface area contributed by atoms with Crippen LogP contribution in [0.5, 0.6) is 0 Å². The van der Waals surface area contributed by atoms with Gasteiger partial charge in [0.25, 0.3) is 0 Å². The molecule has 0 aromatic rings. The first-order valence-corrected chi connectivity index (χ1v) is 9.50. The summed E-state index contributed by atoms with van der Waals surface area (Å²) in [6, 6.07) is 0.531. The number of hydrogen-bond donors (Lipinski definition) is 3. The van der Waals surface area contributed by atoms with E-state index >= 15 is 0 Å². The number of nitrogens with one attached hydrogen (secondary N) is 3. The molecule has 0 aromatic carbocycles. The molecule has 2 bridgehead atoms. The fourth-order valence-electron chi connectivity index (χ4n) is 3.28. The van der Waals surface area contributed by atoms with Crippen LogP contribution in [-0.2, 0) is 4.74 Å². The number of fused-ring (bicyclic) bond motifs is 3. The Kier molecular flexibility index (Phi) is 6.74. The van der Waals surface area contributed by atoms with Crippen LogP contribution in [0, 0.1) is 0 Å². The molecule has 26 heavy (non-hydrogen) atoms. The highest BCUT2D eigenvalue weighted by atomic mass is 16.6. The van der Waals surface area contributed by atoms with Crippen LogP contribution in [0.15, 0.2) is 4.99 Å². The molecule has 3 fully saturated rings. The normalized spacial score (nSPS) is 26.4. The van der Waals surface area contributed by atoms with E-state index in [1.165, 1.54) is 13.1 Å². The third-order valence-corrected chi connectivity index (χ3v) is 4.66. The number of piperazine rings is 3. The summed E-state index contributed by atoms with van der Waals surface area (Å²) in [6.45, 7) is 16.7. The van der Waals surface area contributed by atoms with E-state index in [0.717, 1.165) is 32.1 Å². The van der Waals surface area contributed by atoms with E-state index in [1.807, 2.05) is 34.6 Å². The lowest BCUT2D eigenvalue weighted by Gasteiger charge is -2.47. The van der Waals surface area contributed by atoms with Gasteiger partial charge in [0, 0.05) is 58.9 Å².